The van der Waals surface area contributed by atoms with Crippen LogP contribution in [0.3, 0.4) is 0 Å². The lowest BCUT2D eigenvalue weighted by Gasteiger charge is -2.41. The van der Waals surface area contributed by atoms with Gasteiger partial charge in [0.15, 0.2) is 5.60 Å². The minimum Gasteiger partial charge on any atom is -0.493 e. The normalized spacial score (nSPS) is 19.2. The van der Waals surface area contributed by atoms with E-state index in [-0.39, 0.29) is 25.5 Å². The van der Waals surface area contributed by atoms with E-state index in [1.165, 1.54) is 43.1 Å². The van der Waals surface area contributed by atoms with Crippen LogP contribution in [0.1, 0.15) is 32.3 Å². The molecule has 2 aliphatic heterocycles. The molecule has 4 rings (SSSR count). The summed E-state index contributed by atoms with van der Waals surface area (Å²) in [4.78, 5) is 53.4. The average Bonchev–Trinajstić information content (AvgIpc) is 3.17. The second kappa shape index (κ2) is 11.9. The zero-order valence-corrected chi connectivity index (χ0v) is 23.3. The number of nitrogens with two attached hydrogens (primary N) is 1. The molecule has 0 spiro atoms. The topological polar surface area (TPSA) is 144 Å². The predicted octanol–water partition coefficient (Wildman–Crippen LogP) is 2.24. The maximum Gasteiger partial charge on any atom is 0.405 e. The molecule has 218 valence electrons. The third kappa shape index (κ3) is 6.64. The van der Waals surface area contributed by atoms with Gasteiger partial charge in [-0.1, -0.05) is 30.3 Å². The Labute approximate surface area is 237 Å². The summed E-state index contributed by atoms with van der Waals surface area (Å²) in [7, 11) is 1.60. The van der Waals surface area contributed by atoms with Crippen molar-refractivity contribution in [2.45, 2.75) is 44.8 Å². The summed E-state index contributed by atoms with van der Waals surface area (Å²) >= 11 is 0. The van der Waals surface area contributed by atoms with Crippen molar-refractivity contribution in [2.75, 3.05) is 26.7 Å². The fourth-order valence-corrected chi connectivity index (χ4v) is 5.15. The molecule has 2 aromatic rings. The number of hydrogen-bond donors (Lipinski definition) is 2. The Bertz CT molecular complexity index is 1330. The number of nitrogens with one attached hydrogen (secondary N) is 1. The van der Waals surface area contributed by atoms with Crippen LogP contribution < -0.4 is 15.8 Å². The lowest BCUT2D eigenvalue weighted by atomic mass is 9.73. The van der Waals surface area contributed by atoms with Crippen molar-refractivity contribution in [1.29, 1.82) is 0 Å². The van der Waals surface area contributed by atoms with E-state index < -0.39 is 40.8 Å². The number of carbonyl (C=O) groups is 4. The summed E-state index contributed by atoms with van der Waals surface area (Å²) < 4.78 is 23.9. The zero-order valence-electron chi connectivity index (χ0n) is 23.3. The monoisotopic (exact) mass is 567 g/mol. The highest BCUT2D eigenvalue weighted by atomic mass is 19.1. The Morgan fingerprint density at radius 3 is 2.49 bits per heavy atom. The van der Waals surface area contributed by atoms with Gasteiger partial charge in [-0.25, -0.2) is 14.2 Å². The van der Waals surface area contributed by atoms with E-state index in [2.05, 4.69) is 10.4 Å². The number of benzene rings is 2. The van der Waals surface area contributed by atoms with E-state index >= 15 is 0 Å². The number of rotatable bonds is 10. The van der Waals surface area contributed by atoms with Crippen molar-refractivity contribution < 1.29 is 33.0 Å². The van der Waals surface area contributed by atoms with Gasteiger partial charge in [-0.2, -0.15) is 5.10 Å². The highest BCUT2D eigenvalue weighted by Gasteiger charge is 2.54. The van der Waals surface area contributed by atoms with Gasteiger partial charge in [-0.15, -0.1) is 0 Å². The van der Waals surface area contributed by atoms with Crippen molar-refractivity contribution in [3.05, 3.63) is 66.0 Å². The molecular weight excluding hydrogens is 533 g/mol. The lowest BCUT2D eigenvalue weighted by molar-refractivity contribution is -0.145. The fraction of sp³-hybridized carbons (Fsp3) is 0.414. The van der Waals surface area contributed by atoms with Gasteiger partial charge in [0.05, 0.1) is 12.3 Å². The van der Waals surface area contributed by atoms with E-state index in [4.69, 9.17) is 15.2 Å². The van der Waals surface area contributed by atoms with E-state index in [0.29, 0.717) is 30.8 Å². The second-order valence-corrected chi connectivity index (χ2v) is 10.7. The summed E-state index contributed by atoms with van der Waals surface area (Å²) in [6.07, 6.45) is -0.338. The molecule has 2 aromatic carbocycles. The SMILES string of the molecule is CN1N=C2CCN(C(=O)[C@@H](CCOc3ccc(F)cc3)NC(=O)C(C)(C)OC(N)=O)C[C@@]2(Cc2ccccc2)C1=O. The Balaban J connectivity index is 1.56. The van der Waals surface area contributed by atoms with Crippen LogP contribution in [-0.2, 0) is 25.5 Å². The largest absolute Gasteiger partial charge is 0.493 e. The first-order valence-electron chi connectivity index (χ1n) is 13.3. The smallest absolute Gasteiger partial charge is 0.405 e. The van der Waals surface area contributed by atoms with Crippen LogP contribution in [0.5, 0.6) is 5.75 Å². The molecule has 4 amide bonds. The number of likely N-dealkylation sites (tertiary alicyclic amines) is 1. The van der Waals surface area contributed by atoms with Crippen LogP contribution in [-0.4, -0.2) is 77.8 Å². The Kier molecular flexibility index (Phi) is 8.60. The van der Waals surface area contributed by atoms with E-state index in [1.54, 1.807) is 11.9 Å². The number of fused-ring (bicyclic) bond motifs is 1. The van der Waals surface area contributed by atoms with E-state index in [0.717, 1.165) is 5.56 Å². The molecule has 0 saturated carbocycles. The molecule has 11 nitrogen and oxygen atoms in total. The highest BCUT2D eigenvalue weighted by molar-refractivity contribution is 6.13. The van der Waals surface area contributed by atoms with Crippen molar-refractivity contribution in [1.82, 2.24) is 15.2 Å². The first kappa shape index (κ1) is 29.5. The number of hydrogen-bond acceptors (Lipinski definition) is 7. The number of piperidine rings is 1. The number of nitrogens with zero attached hydrogens (tertiary/aromatic N) is 3. The van der Waals surface area contributed by atoms with Gasteiger partial charge >= 0.3 is 6.09 Å². The number of carbonyl (C=O) groups excluding carboxylic acids is 4. The standard InChI is InChI=1S/C29H34FN5O6/c1-28(2,41-27(31)39)25(37)32-22(14-16-40-21-11-9-20(30)10-12-21)24(36)35-15-13-23-29(18-35,26(38)34(3)33-23)17-19-7-5-4-6-8-19/h4-12,22H,13-18H2,1-3H3,(H2,31,39)(H,32,37)/t22-,29-/m1/s1. The first-order valence-corrected chi connectivity index (χ1v) is 13.3. The van der Waals surface area contributed by atoms with Crippen LogP contribution in [0.15, 0.2) is 59.7 Å². The maximum atomic E-state index is 14.0. The number of hydrazone groups is 1. The Morgan fingerprint density at radius 1 is 1.15 bits per heavy atom. The molecule has 41 heavy (non-hydrogen) atoms. The van der Waals surface area contributed by atoms with Crippen LogP contribution in [0.4, 0.5) is 9.18 Å². The first-order chi connectivity index (χ1) is 19.4. The Hall–Kier alpha value is -4.48. The summed E-state index contributed by atoms with van der Waals surface area (Å²) in [5, 5.41) is 8.48. The predicted molar refractivity (Wildman–Crippen MR) is 147 cm³/mol. The number of amides is 4. The van der Waals surface area contributed by atoms with Gasteiger partial charge < -0.3 is 25.4 Å². The molecule has 0 bridgehead atoms. The van der Waals surface area contributed by atoms with Gasteiger partial charge in [0, 0.05) is 33.0 Å². The molecule has 1 fully saturated rings. The number of ether oxygens (including phenoxy) is 2. The summed E-state index contributed by atoms with van der Waals surface area (Å²) in [6, 6.07) is 13.8. The van der Waals surface area contributed by atoms with Crippen molar-refractivity contribution in [3.63, 3.8) is 0 Å². The van der Waals surface area contributed by atoms with Crippen molar-refractivity contribution in [3.8, 4) is 5.75 Å². The van der Waals surface area contributed by atoms with Gasteiger partial charge in [0.25, 0.3) is 11.8 Å². The van der Waals surface area contributed by atoms with Gasteiger partial charge in [0.1, 0.15) is 23.0 Å². The molecule has 0 radical (unpaired) electrons. The molecule has 2 atom stereocenters. The van der Waals surface area contributed by atoms with Gasteiger partial charge in [0.2, 0.25) is 5.91 Å². The van der Waals surface area contributed by atoms with Crippen LogP contribution in [0.2, 0.25) is 0 Å². The second-order valence-electron chi connectivity index (χ2n) is 10.7. The van der Waals surface area contributed by atoms with Crippen molar-refractivity contribution >= 4 is 29.5 Å². The summed E-state index contributed by atoms with van der Waals surface area (Å²) in [6.45, 7) is 3.10. The molecule has 12 heteroatoms. The number of primary amides is 1. The fourth-order valence-electron chi connectivity index (χ4n) is 5.15. The quantitative estimate of drug-likeness (QED) is 0.451. The molecule has 3 N–H and O–H groups in total. The van der Waals surface area contributed by atoms with E-state index in [1.807, 2.05) is 30.3 Å². The van der Waals surface area contributed by atoms with Crippen LogP contribution in [0, 0.1) is 11.2 Å². The third-order valence-electron chi connectivity index (χ3n) is 7.26. The highest BCUT2D eigenvalue weighted by Crippen LogP contribution is 2.38. The van der Waals surface area contributed by atoms with Crippen LogP contribution >= 0.6 is 0 Å². The number of halogens is 1. The third-order valence-corrected chi connectivity index (χ3v) is 7.26. The van der Waals surface area contributed by atoms with Crippen molar-refractivity contribution in [2.24, 2.45) is 16.3 Å². The minimum atomic E-state index is -1.65. The minimum absolute atomic E-state index is 0.0107. The van der Waals surface area contributed by atoms with E-state index in [9.17, 15) is 23.6 Å². The van der Waals surface area contributed by atoms with Crippen LogP contribution in [0.25, 0.3) is 0 Å². The molecule has 1 saturated heterocycles. The molecule has 0 aliphatic carbocycles. The molecule has 0 aromatic heterocycles. The molecule has 2 heterocycles. The van der Waals surface area contributed by atoms with Gasteiger partial charge in [-0.05, 0) is 50.1 Å². The Morgan fingerprint density at radius 2 is 1.83 bits per heavy atom. The maximum absolute atomic E-state index is 14.0. The molecule has 2 aliphatic rings. The summed E-state index contributed by atoms with van der Waals surface area (Å²) in [5.41, 5.74) is 4.09. The summed E-state index contributed by atoms with van der Waals surface area (Å²) in [5.74, 6) is -1.39. The molecule has 0 unspecified atom stereocenters. The average molecular weight is 568 g/mol. The lowest BCUT2D eigenvalue weighted by Crippen LogP contribution is -2.60. The van der Waals surface area contributed by atoms with Gasteiger partial charge in [-0.3, -0.25) is 14.4 Å². The molecular formula is C29H34FN5O6. The zero-order chi connectivity index (χ0) is 29.8.